The molecule has 0 amide bonds. The number of hydrogen-bond acceptors (Lipinski definition) is 2. The Hall–Kier alpha value is -1.38. The third-order valence-electron chi connectivity index (χ3n) is 5.03. The van der Waals surface area contributed by atoms with Gasteiger partial charge in [-0.3, -0.25) is 0 Å². The predicted octanol–water partition coefficient (Wildman–Crippen LogP) is 6.66. The summed E-state index contributed by atoms with van der Waals surface area (Å²) in [6.07, 6.45) is 17.9. The summed E-state index contributed by atoms with van der Waals surface area (Å²) in [5.41, 5.74) is 1.14. The van der Waals surface area contributed by atoms with Crippen LogP contribution in [0.1, 0.15) is 107 Å². The van der Waals surface area contributed by atoms with Crippen molar-refractivity contribution in [3.63, 3.8) is 0 Å². The predicted molar refractivity (Wildman–Crippen MR) is 105 cm³/mol. The Labute approximate surface area is 154 Å². The number of aromatic nitrogens is 1. The molecule has 1 atom stereocenters. The van der Waals surface area contributed by atoms with Crippen molar-refractivity contribution in [2.24, 2.45) is 5.92 Å². The van der Waals surface area contributed by atoms with Gasteiger partial charge in [0, 0.05) is 6.20 Å². The molecule has 0 aromatic carbocycles. The number of rotatable bonds is 15. The van der Waals surface area contributed by atoms with E-state index in [1.54, 1.807) is 6.20 Å². The van der Waals surface area contributed by atoms with Crippen LogP contribution in [0.4, 0.5) is 0 Å². The van der Waals surface area contributed by atoms with Crippen LogP contribution in [0.5, 0.6) is 0 Å². The molecule has 0 saturated carbocycles. The molecule has 142 valence electrons. The Balaban J connectivity index is 2.53. The van der Waals surface area contributed by atoms with Crippen LogP contribution in [-0.2, 0) is 6.42 Å². The van der Waals surface area contributed by atoms with E-state index in [9.17, 15) is 9.90 Å². The van der Waals surface area contributed by atoms with Crippen LogP contribution in [0.2, 0.25) is 0 Å². The van der Waals surface area contributed by atoms with Gasteiger partial charge in [0.1, 0.15) is 0 Å². The number of hydrogen-bond donors (Lipinski definition) is 1. The lowest BCUT2D eigenvalue weighted by Gasteiger charge is -2.18. The summed E-state index contributed by atoms with van der Waals surface area (Å²) >= 11 is 0. The van der Waals surface area contributed by atoms with Gasteiger partial charge in [-0.1, -0.05) is 97.0 Å². The largest absolute Gasteiger partial charge is 0.477 e. The van der Waals surface area contributed by atoms with Gasteiger partial charge in [-0.2, -0.15) is 0 Å². The van der Waals surface area contributed by atoms with Gasteiger partial charge in [0.15, 0.2) is 5.69 Å². The first-order valence-corrected chi connectivity index (χ1v) is 10.4. The van der Waals surface area contributed by atoms with Crippen molar-refractivity contribution in [2.45, 2.75) is 97.3 Å². The van der Waals surface area contributed by atoms with Crippen molar-refractivity contribution in [3.05, 3.63) is 29.6 Å². The second kappa shape index (κ2) is 13.9. The quantitative estimate of drug-likeness (QED) is 0.361. The van der Waals surface area contributed by atoms with Crippen molar-refractivity contribution in [3.8, 4) is 0 Å². The molecule has 3 nitrogen and oxygen atoms in total. The number of carboxylic acids is 1. The fraction of sp³-hybridized carbons (Fsp3) is 0.727. The van der Waals surface area contributed by atoms with E-state index < -0.39 is 5.97 Å². The molecule has 0 aliphatic rings. The van der Waals surface area contributed by atoms with Crippen LogP contribution >= 0.6 is 0 Å². The molecular weight excluding hydrogens is 310 g/mol. The molecule has 0 spiro atoms. The topological polar surface area (TPSA) is 50.2 Å². The molecule has 0 saturated heterocycles. The molecule has 1 rings (SSSR count). The van der Waals surface area contributed by atoms with Crippen LogP contribution in [0.3, 0.4) is 0 Å². The molecule has 0 radical (unpaired) electrons. The van der Waals surface area contributed by atoms with Crippen LogP contribution < -0.4 is 0 Å². The highest BCUT2D eigenvalue weighted by Crippen LogP contribution is 2.24. The van der Waals surface area contributed by atoms with Crippen molar-refractivity contribution >= 4 is 5.97 Å². The number of aromatic carboxylic acids is 1. The normalized spacial score (nSPS) is 12.2. The van der Waals surface area contributed by atoms with Crippen molar-refractivity contribution in [2.75, 3.05) is 0 Å². The Morgan fingerprint density at radius 3 is 2.12 bits per heavy atom. The van der Waals surface area contributed by atoms with E-state index in [4.69, 9.17) is 0 Å². The first kappa shape index (κ1) is 21.7. The molecule has 25 heavy (non-hydrogen) atoms. The summed E-state index contributed by atoms with van der Waals surface area (Å²) in [5, 5.41) is 9.36. The van der Waals surface area contributed by atoms with Crippen LogP contribution in [0.15, 0.2) is 18.3 Å². The summed E-state index contributed by atoms with van der Waals surface area (Å²) in [4.78, 5) is 15.5. The lowest BCUT2D eigenvalue weighted by molar-refractivity contribution is 0.0689. The average Bonchev–Trinajstić information content (AvgIpc) is 2.61. The number of carbonyl (C=O) groups is 1. The molecule has 0 bridgehead atoms. The van der Waals surface area contributed by atoms with Gasteiger partial charge in [0.2, 0.25) is 0 Å². The van der Waals surface area contributed by atoms with Crippen molar-refractivity contribution in [1.29, 1.82) is 0 Å². The molecule has 1 heterocycles. The Morgan fingerprint density at radius 1 is 0.960 bits per heavy atom. The molecule has 0 aliphatic carbocycles. The van der Waals surface area contributed by atoms with Crippen LogP contribution in [0, 0.1) is 5.92 Å². The number of pyridine rings is 1. The molecule has 0 aliphatic heterocycles. The smallest absolute Gasteiger partial charge is 0.354 e. The maximum atomic E-state index is 11.4. The van der Waals surface area contributed by atoms with E-state index >= 15 is 0 Å². The highest BCUT2D eigenvalue weighted by molar-refractivity contribution is 5.86. The van der Waals surface area contributed by atoms with E-state index in [-0.39, 0.29) is 5.69 Å². The molecule has 1 N–H and O–H groups in total. The summed E-state index contributed by atoms with van der Waals surface area (Å²) in [5.74, 6) is -0.315. The molecule has 1 aromatic heterocycles. The molecule has 1 unspecified atom stereocenters. The molecule has 1 aromatic rings. The van der Waals surface area contributed by atoms with Gasteiger partial charge in [-0.25, -0.2) is 9.78 Å². The fourth-order valence-corrected chi connectivity index (χ4v) is 3.53. The number of carboxylic acid groups (broad SMARTS) is 1. The Morgan fingerprint density at radius 2 is 1.52 bits per heavy atom. The maximum absolute atomic E-state index is 11.4. The molecular formula is C22H37NO2. The highest BCUT2D eigenvalue weighted by Gasteiger charge is 2.16. The first-order chi connectivity index (χ1) is 12.2. The first-order valence-electron chi connectivity index (χ1n) is 10.4. The third-order valence-corrected chi connectivity index (χ3v) is 5.03. The van der Waals surface area contributed by atoms with E-state index in [1.165, 1.54) is 77.0 Å². The minimum Gasteiger partial charge on any atom is -0.477 e. The van der Waals surface area contributed by atoms with Crippen molar-refractivity contribution < 1.29 is 9.90 Å². The van der Waals surface area contributed by atoms with Gasteiger partial charge in [0.05, 0.1) is 0 Å². The van der Waals surface area contributed by atoms with Gasteiger partial charge in [0.25, 0.3) is 0 Å². The van der Waals surface area contributed by atoms with E-state index in [2.05, 4.69) is 18.8 Å². The van der Waals surface area contributed by atoms with Crippen LogP contribution in [0.25, 0.3) is 0 Å². The summed E-state index contributed by atoms with van der Waals surface area (Å²) < 4.78 is 0. The van der Waals surface area contributed by atoms with Gasteiger partial charge in [-0.05, 0) is 24.0 Å². The van der Waals surface area contributed by atoms with E-state index in [1.807, 2.05) is 12.1 Å². The monoisotopic (exact) mass is 347 g/mol. The van der Waals surface area contributed by atoms with Gasteiger partial charge >= 0.3 is 5.97 Å². The van der Waals surface area contributed by atoms with E-state index in [0.29, 0.717) is 5.92 Å². The lowest BCUT2D eigenvalue weighted by atomic mass is 9.88. The molecule has 3 heteroatoms. The van der Waals surface area contributed by atoms with E-state index in [0.717, 1.165) is 12.0 Å². The highest BCUT2D eigenvalue weighted by atomic mass is 16.4. The zero-order chi connectivity index (χ0) is 18.3. The summed E-state index contributed by atoms with van der Waals surface area (Å²) in [7, 11) is 0. The Bertz CT molecular complexity index is 473. The number of nitrogens with zero attached hydrogens (tertiary/aromatic N) is 1. The second-order valence-corrected chi connectivity index (χ2v) is 7.29. The summed E-state index contributed by atoms with van der Waals surface area (Å²) in [6, 6.07) is 3.80. The second-order valence-electron chi connectivity index (χ2n) is 7.29. The minimum absolute atomic E-state index is 0.240. The SMILES string of the molecule is CCCCCCCCC(CCCCCC)Cc1cccnc1C(=O)O. The molecule has 0 fully saturated rings. The average molecular weight is 348 g/mol. The van der Waals surface area contributed by atoms with Gasteiger partial charge in [-0.15, -0.1) is 0 Å². The Kier molecular flexibility index (Phi) is 12.0. The maximum Gasteiger partial charge on any atom is 0.354 e. The lowest BCUT2D eigenvalue weighted by Crippen LogP contribution is -2.11. The van der Waals surface area contributed by atoms with Gasteiger partial charge < -0.3 is 5.11 Å². The minimum atomic E-state index is -0.903. The summed E-state index contributed by atoms with van der Waals surface area (Å²) in [6.45, 7) is 4.49. The zero-order valence-electron chi connectivity index (χ0n) is 16.3. The fourth-order valence-electron chi connectivity index (χ4n) is 3.53. The number of unbranched alkanes of at least 4 members (excludes halogenated alkanes) is 8. The van der Waals surface area contributed by atoms with Crippen molar-refractivity contribution in [1.82, 2.24) is 4.98 Å². The standard InChI is InChI=1S/C22H37NO2/c1-3-5-7-9-10-12-15-19(14-11-8-6-4-2)18-20-16-13-17-23-21(20)22(24)25/h13,16-17,19H,3-12,14-15,18H2,1-2H3,(H,24,25). The zero-order valence-corrected chi connectivity index (χ0v) is 16.3. The third kappa shape index (κ3) is 9.62. The van der Waals surface area contributed by atoms with Crippen LogP contribution in [-0.4, -0.2) is 16.1 Å².